The lowest BCUT2D eigenvalue weighted by Crippen LogP contribution is -2.47. The van der Waals surface area contributed by atoms with Crippen LogP contribution in [-0.4, -0.2) is 47.1 Å². The highest BCUT2D eigenvalue weighted by atomic mass is 16.5. The van der Waals surface area contributed by atoms with Crippen molar-refractivity contribution in [3.8, 4) is 0 Å². The standard InChI is InChI=1S/C18H28N4O2/c1-13(2)16-10-17(21-20-16)18(23)22(12-15-7-5-9-24-15)11-14-6-3-4-8-19-14/h3-4,6,8,13,15-17,20-21H,5,7,9-12H2,1-2H3. The monoisotopic (exact) mass is 332 g/mol. The van der Waals surface area contributed by atoms with Gasteiger partial charge >= 0.3 is 0 Å². The lowest BCUT2D eigenvalue weighted by molar-refractivity contribution is -0.135. The topological polar surface area (TPSA) is 66.5 Å². The maximum atomic E-state index is 13.0. The fourth-order valence-electron chi connectivity index (χ4n) is 3.35. The summed E-state index contributed by atoms with van der Waals surface area (Å²) in [7, 11) is 0. The third kappa shape index (κ3) is 4.32. The molecule has 6 nitrogen and oxygen atoms in total. The summed E-state index contributed by atoms with van der Waals surface area (Å²) in [6.07, 6.45) is 4.84. The van der Waals surface area contributed by atoms with Gasteiger partial charge < -0.3 is 9.64 Å². The highest BCUT2D eigenvalue weighted by Gasteiger charge is 2.34. The van der Waals surface area contributed by atoms with Gasteiger partial charge in [-0.3, -0.25) is 15.2 Å². The van der Waals surface area contributed by atoms with Crippen LogP contribution in [0.3, 0.4) is 0 Å². The van der Waals surface area contributed by atoms with Crippen molar-refractivity contribution in [2.24, 2.45) is 5.92 Å². The summed E-state index contributed by atoms with van der Waals surface area (Å²) in [4.78, 5) is 19.3. The molecule has 1 amide bonds. The third-order valence-electron chi connectivity index (χ3n) is 4.87. The van der Waals surface area contributed by atoms with Crippen LogP contribution < -0.4 is 10.9 Å². The molecule has 0 bridgehead atoms. The Morgan fingerprint density at radius 1 is 1.42 bits per heavy atom. The lowest BCUT2D eigenvalue weighted by Gasteiger charge is -2.27. The first-order valence-electron chi connectivity index (χ1n) is 8.95. The van der Waals surface area contributed by atoms with Crippen LogP contribution >= 0.6 is 0 Å². The molecule has 2 saturated heterocycles. The van der Waals surface area contributed by atoms with Gasteiger partial charge in [-0.05, 0) is 37.3 Å². The normalized spacial score (nSPS) is 26.9. The molecule has 3 rings (SSSR count). The zero-order valence-electron chi connectivity index (χ0n) is 14.6. The summed E-state index contributed by atoms with van der Waals surface area (Å²) >= 11 is 0. The minimum atomic E-state index is -0.178. The van der Waals surface area contributed by atoms with Crippen molar-refractivity contribution >= 4 is 5.91 Å². The zero-order chi connectivity index (χ0) is 16.9. The van der Waals surface area contributed by atoms with E-state index in [2.05, 4.69) is 29.7 Å². The minimum absolute atomic E-state index is 0.131. The molecule has 2 aliphatic rings. The second kappa shape index (κ2) is 8.05. The van der Waals surface area contributed by atoms with Crippen LogP contribution in [0.25, 0.3) is 0 Å². The maximum Gasteiger partial charge on any atom is 0.241 e. The van der Waals surface area contributed by atoms with E-state index in [4.69, 9.17) is 4.74 Å². The number of hydrazine groups is 1. The van der Waals surface area contributed by atoms with Crippen molar-refractivity contribution in [2.45, 2.75) is 57.8 Å². The van der Waals surface area contributed by atoms with E-state index in [1.807, 2.05) is 23.1 Å². The number of carbonyl (C=O) groups is 1. The fraction of sp³-hybridized carbons (Fsp3) is 0.667. The van der Waals surface area contributed by atoms with Gasteiger partial charge in [-0.2, -0.15) is 0 Å². The minimum Gasteiger partial charge on any atom is -0.376 e. The predicted molar refractivity (Wildman–Crippen MR) is 91.9 cm³/mol. The van der Waals surface area contributed by atoms with Gasteiger partial charge in [-0.25, -0.2) is 5.43 Å². The SMILES string of the molecule is CC(C)C1CC(C(=O)N(Cc2ccccn2)CC2CCCO2)NN1. The molecule has 3 heterocycles. The number of amides is 1. The number of carbonyl (C=O) groups excluding carboxylic acids is 1. The molecule has 3 unspecified atom stereocenters. The molecule has 0 aliphatic carbocycles. The van der Waals surface area contributed by atoms with Crippen LogP contribution in [0.2, 0.25) is 0 Å². The van der Waals surface area contributed by atoms with E-state index >= 15 is 0 Å². The highest BCUT2D eigenvalue weighted by Crippen LogP contribution is 2.19. The molecule has 0 saturated carbocycles. The Balaban J connectivity index is 1.67. The van der Waals surface area contributed by atoms with Crippen LogP contribution in [0.4, 0.5) is 0 Å². The smallest absolute Gasteiger partial charge is 0.241 e. The summed E-state index contributed by atoms with van der Waals surface area (Å²) in [6.45, 7) is 6.31. The fourth-order valence-corrected chi connectivity index (χ4v) is 3.35. The van der Waals surface area contributed by atoms with E-state index < -0.39 is 0 Å². The van der Waals surface area contributed by atoms with Gasteiger partial charge in [0.15, 0.2) is 0 Å². The Kier molecular flexibility index (Phi) is 5.81. The van der Waals surface area contributed by atoms with Crippen molar-refractivity contribution in [1.82, 2.24) is 20.7 Å². The molecule has 1 aromatic heterocycles. The first-order chi connectivity index (χ1) is 11.6. The second-order valence-corrected chi connectivity index (χ2v) is 7.10. The average Bonchev–Trinajstić information content (AvgIpc) is 3.26. The van der Waals surface area contributed by atoms with Crippen molar-refractivity contribution < 1.29 is 9.53 Å². The van der Waals surface area contributed by atoms with Gasteiger partial charge in [0.25, 0.3) is 0 Å². The molecule has 6 heteroatoms. The summed E-state index contributed by atoms with van der Waals surface area (Å²) in [5.74, 6) is 0.629. The van der Waals surface area contributed by atoms with Gasteiger partial charge in [0.1, 0.15) is 6.04 Å². The molecule has 2 fully saturated rings. The van der Waals surface area contributed by atoms with E-state index in [-0.39, 0.29) is 18.1 Å². The number of pyridine rings is 1. The van der Waals surface area contributed by atoms with Gasteiger partial charge in [0, 0.05) is 25.4 Å². The van der Waals surface area contributed by atoms with Gasteiger partial charge in [-0.1, -0.05) is 19.9 Å². The van der Waals surface area contributed by atoms with Gasteiger partial charge in [0.05, 0.1) is 18.3 Å². The molecule has 1 aromatic rings. The molecule has 3 atom stereocenters. The summed E-state index contributed by atoms with van der Waals surface area (Å²) in [5, 5.41) is 0. The quantitative estimate of drug-likeness (QED) is 0.826. The van der Waals surface area contributed by atoms with Crippen molar-refractivity contribution in [3.63, 3.8) is 0 Å². The first kappa shape index (κ1) is 17.3. The van der Waals surface area contributed by atoms with Crippen LogP contribution in [0.1, 0.15) is 38.8 Å². The van der Waals surface area contributed by atoms with Gasteiger partial charge in [-0.15, -0.1) is 0 Å². The number of ether oxygens (including phenoxy) is 1. The summed E-state index contributed by atoms with van der Waals surface area (Å²) < 4.78 is 5.74. The van der Waals surface area contributed by atoms with E-state index in [1.165, 1.54) is 0 Å². The van der Waals surface area contributed by atoms with E-state index in [0.717, 1.165) is 31.6 Å². The Morgan fingerprint density at radius 2 is 2.29 bits per heavy atom. The number of hydrogen-bond acceptors (Lipinski definition) is 5. The molecule has 0 aromatic carbocycles. The van der Waals surface area contributed by atoms with E-state index in [0.29, 0.717) is 25.0 Å². The number of hydrogen-bond donors (Lipinski definition) is 2. The lowest BCUT2D eigenvalue weighted by atomic mass is 9.99. The number of rotatable bonds is 6. The molecule has 2 aliphatic heterocycles. The Hall–Kier alpha value is -1.50. The second-order valence-electron chi connectivity index (χ2n) is 7.10. The highest BCUT2D eigenvalue weighted by molar-refractivity contribution is 5.82. The number of aromatic nitrogens is 1. The number of nitrogens with one attached hydrogen (secondary N) is 2. The van der Waals surface area contributed by atoms with Gasteiger partial charge in [0.2, 0.25) is 5.91 Å². The Bertz CT molecular complexity index is 531. The molecular weight excluding hydrogens is 304 g/mol. The van der Waals surface area contributed by atoms with Crippen LogP contribution in [0.15, 0.2) is 24.4 Å². The van der Waals surface area contributed by atoms with Crippen LogP contribution in [-0.2, 0) is 16.1 Å². The number of nitrogens with zero attached hydrogens (tertiary/aromatic N) is 2. The molecule has 132 valence electrons. The molecule has 2 N–H and O–H groups in total. The summed E-state index contributed by atoms with van der Waals surface area (Å²) in [6, 6.07) is 5.97. The molecular formula is C18H28N4O2. The Labute approximate surface area is 143 Å². The predicted octanol–water partition coefficient (Wildman–Crippen LogP) is 1.48. The van der Waals surface area contributed by atoms with Crippen molar-refractivity contribution in [3.05, 3.63) is 30.1 Å². The molecule has 0 spiro atoms. The van der Waals surface area contributed by atoms with Crippen LogP contribution in [0, 0.1) is 5.92 Å². The first-order valence-corrected chi connectivity index (χ1v) is 8.95. The largest absolute Gasteiger partial charge is 0.376 e. The van der Waals surface area contributed by atoms with E-state index in [9.17, 15) is 4.79 Å². The van der Waals surface area contributed by atoms with E-state index in [1.54, 1.807) is 6.20 Å². The van der Waals surface area contributed by atoms with Crippen molar-refractivity contribution in [2.75, 3.05) is 13.2 Å². The van der Waals surface area contributed by atoms with Crippen LogP contribution in [0.5, 0.6) is 0 Å². The maximum absolute atomic E-state index is 13.0. The molecule has 24 heavy (non-hydrogen) atoms. The molecule has 0 radical (unpaired) electrons. The summed E-state index contributed by atoms with van der Waals surface area (Å²) in [5.41, 5.74) is 7.34. The van der Waals surface area contributed by atoms with Crippen molar-refractivity contribution in [1.29, 1.82) is 0 Å². The average molecular weight is 332 g/mol. The zero-order valence-corrected chi connectivity index (χ0v) is 14.6. The third-order valence-corrected chi connectivity index (χ3v) is 4.87. The Morgan fingerprint density at radius 3 is 2.92 bits per heavy atom.